The van der Waals surface area contributed by atoms with Crippen LogP contribution in [-0.4, -0.2) is 46.8 Å². The van der Waals surface area contributed by atoms with Gasteiger partial charge in [-0.05, 0) is 37.8 Å². The van der Waals surface area contributed by atoms with E-state index in [1.54, 1.807) is 0 Å². The second-order valence-electron chi connectivity index (χ2n) is 7.51. The quantitative estimate of drug-likeness (QED) is 0.797. The number of benzene rings is 1. The summed E-state index contributed by atoms with van der Waals surface area (Å²) in [5, 5.41) is 2.62. The largest absolute Gasteiger partial charge is 0.341 e. The lowest BCUT2D eigenvalue weighted by Gasteiger charge is -2.43. The van der Waals surface area contributed by atoms with Crippen LogP contribution in [0.5, 0.6) is 0 Å². The number of thioether (sulfide) groups is 1. The van der Waals surface area contributed by atoms with E-state index < -0.39 is 0 Å². The Balaban J connectivity index is 0.00000338. The molecule has 0 aromatic heterocycles. The monoisotopic (exact) mass is 399 g/mol. The summed E-state index contributed by atoms with van der Waals surface area (Å²) in [7, 11) is 0. The number of piperidine rings is 1. The van der Waals surface area contributed by atoms with Gasteiger partial charge in [-0.2, -0.15) is 0 Å². The number of halogens is 1. The van der Waals surface area contributed by atoms with E-state index >= 15 is 0 Å². The van der Waals surface area contributed by atoms with Crippen molar-refractivity contribution in [3.63, 3.8) is 0 Å². The lowest BCUT2D eigenvalue weighted by Crippen LogP contribution is -2.55. The van der Waals surface area contributed by atoms with Crippen molar-refractivity contribution in [1.29, 1.82) is 0 Å². The first-order chi connectivity index (χ1) is 11.7. The van der Waals surface area contributed by atoms with Gasteiger partial charge < -0.3 is 16.0 Å². The van der Waals surface area contributed by atoms with Crippen molar-refractivity contribution >= 4 is 41.7 Å². The Kier molecular flexibility index (Phi) is 8.44. The first kappa shape index (κ1) is 22.8. The van der Waals surface area contributed by atoms with Crippen LogP contribution in [0.4, 0.5) is 5.69 Å². The molecule has 0 radical (unpaired) electrons. The number of aryl methyl sites for hydroxylation is 1. The molecule has 0 spiro atoms. The maximum atomic E-state index is 12.6. The van der Waals surface area contributed by atoms with E-state index in [1.807, 2.05) is 43.0 Å². The van der Waals surface area contributed by atoms with E-state index in [9.17, 15) is 9.59 Å². The molecule has 0 saturated carbocycles. The molecule has 7 heteroatoms. The number of nitrogens with one attached hydrogen (secondary N) is 1. The van der Waals surface area contributed by atoms with Crippen molar-refractivity contribution in [3.05, 3.63) is 29.8 Å². The third kappa shape index (κ3) is 6.18. The summed E-state index contributed by atoms with van der Waals surface area (Å²) in [5.74, 6) is 0.264. The molecule has 0 aliphatic carbocycles. The van der Waals surface area contributed by atoms with Gasteiger partial charge in [0, 0.05) is 24.8 Å². The predicted molar refractivity (Wildman–Crippen MR) is 112 cm³/mol. The number of carbonyl (C=O) groups excluding carboxylic acids is 2. The molecular formula is C19H30ClN3O2S. The first-order valence-corrected chi connectivity index (χ1v) is 9.76. The van der Waals surface area contributed by atoms with Crippen LogP contribution in [0.3, 0.4) is 0 Å². The highest BCUT2D eigenvalue weighted by Crippen LogP contribution is 2.29. The number of carbonyl (C=O) groups is 2. The topological polar surface area (TPSA) is 75.4 Å². The molecule has 1 aromatic rings. The average molecular weight is 400 g/mol. The van der Waals surface area contributed by atoms with Gasteiger partial charge in [0.1, 0.15) is 0 Å². The molecule has 1 heterocycles. The number of rotatable bonds is 5. The summed E-state index contributed by atoms with van der Waals surface area (Å²) in [4.78, 5) is 26.6. The van der Waals surface area contributed by atoms with Crippen molar-refractivity contribution in [2.75, 3.05) is 24.2 Å². The molecule has 1 aliphatic rings. The van der Waals surface area contributed by atoms with Gasteiger partial charge >= 0.3 is 0 Å². The fraction of sp³-hybridized carbons (Fsp3) is 0.579. The van der Waals surface area contributed by atoms with Gasteiger partial charge in [-0.25, -0.2) is 0 Å². The molecule has 1 saturated heterocycles. The summed E-state index contributed by atoms with van der Waals surface area (Å²) in [6.45, 7) is 9.45. The molecule has 146 valence electrons. The highest BCUT2D eigenvalue weighted by atomic mass is 35.5. The van der Waals surface area contributed by atoms with E-state index in [0.29, 0.717) is 13.1 Å². The summed E-state index contributed by atoms with van der Waals surface area (Å²) in [6, 6.07) is 7.80. The maximum Gasteiger partial charge on any atom is 0.235 e. The Morgan fingerprint density at radius 1 is 1.35 bits per heavy atom. The number of nitrogens with two attached hydrogens (primary N) is 1. The zero-order valence-electron chi connectivity index (χ0n) is 16.0. The van der Waals surface area contributed by atoms with E-state index in [0.717, 1.165) is 17.7 Å². The van der Waals surface area contributed by atoms with E-state index in [2.05, 4.69) is 19.2 Å². The first-order valence-electron chi connectivity index (χ1n) is 8.71. The highest BCUT2D eigenvalue weighted by Gasteiger charge is 2.36. The minimum absolute atomic E-state index is 0. The van der Waals surface area contributed by atoms with Crippen LogP contribution in [0.15, 0.2) is 24.3 Å². The summed E-state index contributed by atoms with van der Waals surface area (Å²) >= 11 is 1.38. The van der Waals surface area contributed by atoms with Gasteiger partial charge in [-0.15, -0.1) is 24.2 Å². The van der Waals surface area contributed by atoms with Gasteiger partial charge in [0.05, 0.1) is 11.0 Å². The SMILES string of the molecule is Cc1ccc(NC(=O)CSC(C)C(=O)N2CCC(N)C(C)(C)C2)cc1.Cl. The maximum absolute atomic E-state index is 12.6. The number of hydrogen-bond acceptors (Lipinski definition) is 4. The molecule has 2 unspecified atom stereocenters. The van der Waals surface area contributed by atoms with E-state index in [4.69, 9.17) is 5.73 Å². The van der Waals surface area contributed by atoms with Crippen LogP contribution in [0.1, 0.15) is 32.8 Å². The van der Waals surface area contributed by atoms with Gasteiger partial charge in [0.25, 0.3) is 0 Å². The number of likely N-dealkylation sites (tertiary alicyclic amines) is 1. The van der Waals surface area contributed by atoms with E-state index in [-0.39, 0.29) is 46.7 Å². The highest BCUT2D eigenvalue weighted by molar-refractivity contribution is 8.01. The molecule has 1 aromatic carbocycles. The molecule has 1 fully saturated rings. The standard InChI is InChI=1S/C19H29N3O2S.ClH/c1-13-5-7-15(8-6-13)21-17(23)11-25-14(2)18(24)22-10-9-16(20)19(3,4)12-22;/h5-8,14,16H,9-12,20H2,1-4H3,(H,21,23);1H. The lowest BCUT2D eigenvalue weighted by molar-refractivity contribution is -0.133. The number of amides is 2. The molecule has 26 heavy (non-hydrogen) atoms. The summed E-state index contributed by atoms with van der Waals surface area (Å²) in [6.07, 6.45) is 0.823. The van der Waals surface area contributed by atoms with Crippen molar-refractivity contribution in [2.45, 2.75) is 45.4 Å². The Hall–Kier alpha value is -1.24. The second-order valence-corrected chi connectivity index (χ2v) is 8.84. The molecule has 2 atom stereocenters. The van der Waals surface area contributed by atoms with Crippen LogP contribution in [0.25, 0.3) is 0 Å². The second kappa shape index (κ2) is 9.62. The normalized spacial score (nSPS) is 20.0. The molecule has 0 bridgehead atoms. The van der Waals surface area contributed by atoms with Crippen LogP contribution in [0.2, 0.25) is 0 Å². The molecule has 2 amide bonds. The number of hydrogen-bond donors (Lipinski definition) is 2. The Morgan fingerprint density at radius 2 is 1.96 bits per heavy atom. The molecule has 3 N–H and O–H groups in total. The van der Waals surface area contributed by atoms with Gasteiger partial charge in [0.2, 0.25) is 11.8 Å². The summed E-state index contributed by atoms with van der Waals surface area (Å²) < 4.78 is 0. The third-order valence-electron chi connectivity index (χ3n) is 4.77. The third-order valence-corrected chi connectivity index (χ3v) is 5.90. The fourth-order valence-electron chi connectivity index (χ4n) is 2.93. The van der Waals surface area contributed by atoms with Crippen LogP contribution >= 0.6 is 24.2 Å². The van der Waals surface area contributed by atoms with Gasteiger partial charge in [-0.1, -0.05) is 31.5 Å². The number of anilines is 1. The molecule has 5 nitrogen and oxygen atoms in total. The minimum atomic E-state index is -0.242. The van der Waals surface area contributed by atoms with Crippen molar-refractivity contribution in [3.8, 4) is 0 Å². The summed E-state index contributed by atoms with van der Waals surface area (Å²) in [5.41, 5.74) is 8.00. The van der Waals surface area contributed by atoms with Gasteiger partial charge in [0.15, 0.2) is 0 Å². The fourth-order valence-corrected chi connectivity index (χ4v) is 3.69. The van der Waals surface area contributed by atoms with Gasteiger partial charge in [-0.3, -0.25) is 9.59 Å². The van der Waals surface area contributed by atoms with Crippen LogP contribution in [0, 0.1) is 12.3 Å². The zero-order valence-corrected chi connectivity index (χ0v) is 17.6. The lowest BCUT2D eigenvalue weighted by atomic mass is 9.79. The van der Waals surface area contributed by atoms with Crippen LogP contribution in [-0.2, 0) is 9.59 Å². The average Bonchev–Trinajstić information content (AvgIpc) is 2.56. The van der Waals surface area contributed by atoms with E-state index in [1.165, 1.54) is 11.8 Å². The minimum Gasteiger partial charge on any atom is -0.341 e. The smallest absolute Gasteiger partial charge is 0.235 e. The molecular weight excluding hydrogens is 370 g/mol. The van der Waals surface area contributed by atoms with Crippen molar-refractivity contribution < 1.29 is 9.59 Å². The predicted octanol–water partition coefficient (Wildman–Crippen LogP) is 3.06. The molecule has 1 aliphatic heterocycles. The Bertz CT molecular complexity index is 622. The molecule has 2 rings (SSSR count). The van der Waals surface area contributed by atoms with Crippen LogP contribution < -0.4 is 11.1 Å². The Morgan fingerprint density at radius 3 is 2.54 bits per heavy atom. The Labute approximate surface area is 166 Å². The zero-order chi connectivity index (χ0) is 18.6. The van der Waals surface area contributed by atoms with Crippen molar-refractivity contribution in [1.82, 2.24) is 4.90 Å². The number of nitrogens with zero attached hydrogens (tertiary/aromatic N) is 1. The van der Waals surface area contributed by atoms with Crippen molar-refractivity contribution in [2.24, 2.45) is 11.1 Å².